The Morgan fingerprint density at radius 3 is 2.05 bits per heavy atom. The lowest BCUT2D eigenvalue weighted by Crippen LogP contribution is -2.07. The van der Waals surface area contributed by atoms with Gasteiger partial charge in [0.2, 0.25) is 0 Å². The van der Waals surface area contributed by atoms with Crippen molar-refractivity contribution in [2.75, 3.05) is 26.8 Å². The van der Waals surface area contributed by atoms with Crippen molar-refractivity contribution >= 4 is 0 Å². The van der Waals surface area contributed by atoms with E-state index in [1.165, 1.54) is 32.1 Å². The SMILES string of the molecule is CCCCCCOc1cccc(OCCCCCNC)c1. The molecule has 0 fully saturated rings. The predicted octanol–water partition coefficient (Wildman–Crippen LogP) is 4.41. The lowest BCUT2D eigenvalue weighted by atomic mass is 10.2. The molecule has 120 valence electrons. The van der Waals surface area contributed by atoms with Crippen molar-refractivity contribution in [3.8, 4) is 11.5 Å². The maximum atomic E-state index is 5.77. The highest BCUT2D eigenvalue weighted by Gasteiger charge is 1.98. The molecule has 0 aliphatic carbocycles. The third-order valence-electron chi connectivity index (χ3n) is 3.41. The molecule has 1 aromatic rings. The van der Waals surface area contributed by atoms with E-state index in [1.54, 1.807) is 0 Å². The maximum absolute atomic E-state index is 5.77. The second-order valence-electron chi connectivity index (χ2n) is 5.40. The van der Waals surface area contributed by atoms with Crippen LogP contribution in [-0.2, 0) is 0 Å². The lowest BCUT2D eigenvalue weighted by molar-refractivity contribution is 0.290. The van der Waals surface area contributed by atoms with Crippen molar-refractivity contribution in [2.24, 2.45) is 0 Å². The van der Waals surface area contributed by atoms with Gasteiger partial charge >= 0.3 is 0 Å². The van der Waals surface area contributed by atoms with Crippen LogP contribution in [0.1, 0.15) is 51.9 Å². The Morgan fingerprint density at radius 2 is 1.48 bits per heavy atom. The quantitative estimate of drug-likeness (QED) is 0.546. The number of nitrogens with one attached hydrogen (secondary N) is 1. The molecule has 0 spiro atoms. The number of hydrogen-bond donors (Lipinski definition) is 1. The van der Waals surface area contributed by atoms with E-state index in [1.807, 2.05) is 31.3 Å². The van der Waals surface area contributed by atoms with Crippen molar-refractivity contribution < 1.29 is 9.47 Å². The molecule has 0 saturated carbocycles. The van der Waals surface area contributed by atoms with Gasteiger partial charge in [-0.3, -0.25) is 0 Å². The first-order valence-electron chi connectivity index (χ1n) is 8.37. The summed E-state index contributed by atoms with van der Waals surface area (Å²) in [6.45, 7) is 4.89. The van der Waals surface area contributed by atoms with Crippen LogP contribution < -0.4 is 14.8 Å². The van der Waals surface area contributed by atoms with Crippen molar-refractivity contribution in [1.82, 2.24) is 5.32 Å². The molecule has 1 rings (SSSR count). The summed E-state index contributed by atoms with van der Waals surface area (Å²) < 4.78 is 11.5. The minimum absolute atomic E-state index is 0.781. The number of ether oxygens (including phenoxy) is 2. The molecule has 0 radical (unpaired) electrons. The van der Waals surface area contributed by atoms with Crippen LogP contribution >= 0.6 is 0 Å². The molecule has 1 aromatic carbocycles. The topological polar surface area (TPSA) is 30.5 Å². The van der Waals surface area contributed by atoms with E-state index < -0.39 is 0 Å². The normalized spacial score (nSPS) is 10.6. The summed E-state index contributed by atoms with van der Waals surface area (Å²) in [6.07, 6.45) is 8.44. The molecule has 3 heteroatoms. The van der Waals surface area contributed by atoms with Gasteiger partial charge in [0.15, 0.2) is 0 Å². The first-order chi connectivity index (χ1) is 10.4. The summed E-state index contributed by atoms with van der Waals surface area (Å²) in [5, 5.41) is 3.16. The summed E-state index contributed by atoms with van der Waals surface area (Å²) in [7, 11) is 1.99. The van der Waals surface area contributed by atoms with Crippen LogP contribution in [0.15, 0.2) is 24.3 Å². The smallest absolute Gasteiger partial charge is 0.122 e. The highest BCUT2D eigenvalue weighted by atomic mass is 16.5. The van der Waals surface area contributed by atoms with E-state index in [9.17, 15) is 0 Å². The van der Waals surface area contributed by atoms with Crippen LogP contribution in [0.2, 0.25) is 0 Å². The minimum atomic E-state index is 0.781. The van der Waals surface area contributed by atoms with E-state index in [-0.39, 0.29) is 0 Å². The van der Waals surface area contributed by atoms with Gasteiger partial charge in [0, 0.05) is 6.07 Å². The molecule has 0 unspecified atom stereocenters. The molecule has 0 aromatic heterocycles. The molecule has 0 atom stereocenters. The molecule has 0 aliphatic heterocycles. The predicted molar refractivity (Wildman–Crippen MR) is 89.4 cm³/mol. The van der Waals surface area contributed by atoms with Crippen molar-refractivity contribution in [3.63, 3.8) is 0 Å². The first kappa shape index (κ1) is 17.8. The standard InChI is InChI=1S/C18H31NO2/c1-3-4-5-8-14-20-17-11-10-12-18(16-17)21-15-9-6-7-13-19-2/h10-12,16,19H,3-9,13-15H2,1-2H3. The fraction of sp³-hybridized carbons (Fsp3) is 0.667. The number of unbranched alkanes of at least 4 members (excludes halogenated alkanes) is 5. The molecular weight excluding hydrogens is 262 g/mol. The van der Waals surface area contributed by atoms with Crippen LogP contribution in [0.4, 0.5) is 0 Å². The van der Waals surface area contributed by atoms with E-state index in [0.717, 1.165) is 44.1 Å². The zero-order valence-corrected chi connectivity index (χ0v) is 13.7. The highest BCUT2D eigenvalue weighted by Crippen LogP contribution is 2.20. The van der Waals surface area contributed by atoms with Crippen LogP contribution in [0.3, 0.4) is 0 Å². The fourth-order valence-electron chi connectivity index (χ4n) is 2.14. The molecule has 3 nitrogen and oxygen atoms in total. The summed E-state index contributed by atoms with van der Waals surface area (Å²) in [5.41, 5.74) is 0. The Morgan fingerprint density at radius 1 is 0.857 bits per heavy atom. The zero-order valence-electron chi connectivity index (χ0n) is 13.7. The monoisotopic (exact) mass is 293 g/mol. The van der Waals surface area contributed by atoms with E-state index in [4.69, 9.17) is 9.47 Å². The minimum Gasteiger partial charge on any atom is -0.493 e. The van der Waals surface area contributed by atoms with Crippen LogP contribution in [0.25, 0.3) is 0 Å². The number of hydrogen-bond acceptors (Lipinski definition) is 3. The Hall–Kier alpha value is -1.22. The average molecular weight is 293 g/mol. The molecule has 0 saturated heterocycles. The van der Waals surface area contributed by atoms with Gasteiger partial charge in [0.1, 0.15) is 11.5 Å². The van der Waals surface area contributed by atoms with Gasteiger partial charge in [-0.15, -0.1) is 0 Å². The average Bonchev–Trinajstić information content (AvgIpc) is 2.51. The second kappa shape index (κ2) is 12.5. The first-order valence-corrected chi connectivity index (χ1v) is 8.37. The van der Waals surface area contributed by atoms with Gasteiger partial charge in [0.05, 0.1) is 13.2 Å². The Kier molecular flexibility index (Phi) is 10.6. The third-order valence-corrected chi connectivity index (χ3v) is 3.41. The van der Waals surface area contributed by atoms with Crippen molar-refractivity contribution in [2.45, 2.75) is 51.9 Å². The van der Waals surface area contributed by atoms with E-state index in [0.29, 0.717) is 0 Å². The Labute approximate surface area is 130 Å². The molecule has 0 bridgehead atoms. The molecular formula is C18H31NO2. The van der Waals surface area contributed by atoms with Gasteiger partial charge in [0.25, 0.3) is 0 Å². The zero-order chi connectivity index (χ0) is 15.2. The second-order valence-corrected chi connectivity index (χ2v) is 5.40. The summed E-state index contributed by atoms with van der Waals surface area (Å²) in [6, 6.07) is 7.99. The lowest BCUT2D eigenvalue weighted by Gasteiger charge is -2.09. The van der Waals surface area contributed by atoms with Gasteiger partial charge in [-0.05, 0) is 51.4 Å². The largest absolute Gasteiger partial charge is 0.493 e. The van der Waals surface area contributed by atoms with E-state index >= 15 is 0 Å². The van der Waals surface area contributed by atoms with Gasteiger partial charge in [-0.1, -0.05) is 32.3 Å². The maximum Gasteiger partial charge on any atom is 0.122 e. The molecule has 0 aliphatic rings. The summed E-state index contributed by atoms with van der Waals surface area (Å²) >= 11 is 0. The van der Waals surface area contributed by atoms with Crippen molar-refractivity contribution in [3.05, 3.63) is 24.3 Å². The van der Waals surface area contributed by atoms with Gasteiger partial charge < -0.3 is 14.8 Å². The number of rotatable bonds is 13. The molecule has 0 amide bonds. The molecule has 0 heterocycles. The summed E-state index contributed by atoms with van der Waals surface area (Å²) in [4.78, 5) is 0. The van der Waals surface area contributed by atoms with Crippen LogP contribution in [0.5, 0.6) is 11.5 Å². The van der Waals surface area contributed by atoms with Crippen molar-refractivity contribution in [1.29, 1.82) is 0 Å². The van der Waals surface area contributed by atoms with Crippen LogP contribution in [-0.4, -0.2) is 26.8 Å². The highest BCUT2D eigenvalue weighted by molar-refractivity contribution is 5.32. The number of benzene rings is 1. The Bertz CT molecular complexity index is 355. The molecule has 21 heavy (non-hydrogen) atoms. The summed E-state index contributed by atoms with van der Waals surface area (Å²) in [5.74, 6) is 1.83. The van der Waals surface area contributed by atoms with Crippen LogP contribution in [0, 0.1) is 0 Å². The Balaban J connectivity index is 2.16. The third kappa shape index (κ3) is 9.35. The fourth-order valence-corrected chi connectivity index (χ4v) is 2.14. The van der Waals surface area contributed by atoms with E-state index in [2.05, 4.69) is 12.2 Å². The van der Waals surface area contributed by atoms with Gasteiger partial charge in [-0.25, -0.2) is 0 Å². The van der Waals surface area contributed by atoms with Gasteiger partial charge in [-0.2, -0.15) is 0 Å². The molecule has 1 N–H and O–H groups in total.